The Hall–Kier alpha value is -1.24. The Labute approximate surface area is 127 Å². The van der Waals surface area contributed by atoms with E-state index in [1.807, 2.05) is 0 Å². The van der Waals surface area contributed by atoms with Crippen LogP contribution >= 0.6 is 23.4 Å². The van der Waals surface area contributed by atoms with Crippen LogP contribution in [0.2, 0.25) is 5.02 Å². The van der Waals surface area contributed by atoms with Crippen molar-refractivity contribution in [2.45, 2.75) is 13.0 Å². The number of esters is 1. The van der Waals surface area contributed by atoms with E-state index >= 15 is 0 Å². The van der Waals surface area contributed by atoms with Gasteiger partial charge in [0.1, 0.15) is 6.04 Å². The van der Waals surface area contributed by atoms with E-state index in [0.29, 0.717) is 23.1 Å². The average molecular weight is 317 g/mol. The molecule has 0 aliphatic rings. The minimum absolute atomic E-state index is 0.159. The molecule has 0 heterocycles. The molecule has 0 spiro atoms. The summed E-state index contributed by atoms with van der Waals surface area (Å²) in [5, 5.41) is 3.33. The molecule has 7 heteroatoms. The van der Waals surface area contributed by atoms with Gasteiger partial charge >= 0.3 is 5.97 Å². The molecule has 0 fully saturated rings. The smallest absolute Gasteiger partial charge is 0.323 e. The number of carbonyl (C=O) groups excluding carboxylic acids is 2. The quantitative estimate of drug-likeness (QED) is 0.751. The van der Waals surface area contributed by atoms with Crippen LogP contribution in [0.25, 0.3) is 0 Å². The van der Waals surface area contributed by atoms with E-state index < -0.39 is 12.0 Å². The molecular weight excluding hydrogens is 300 g/mol. The van der Waals surface area contributed by atoms with Crippen LogP contribution in [0.1, 0.15) is 6.92 Å². The fraction of sp³-hybridized carbons (Fsp3) is 0.385. The molecule has 1 amide bonds. The summed E-state index contributed by atoms with van der Waals surface area (Å²) in [6.07, 6.45) is 0. The molecule has 110 valence electrons. The van der Waals surface area contributed by atoms with Gasteiger partial charge < -0.3 is 15.8 Å². The van der Waals surface area contributed by atoms with Crippen LogP contribution in [0.4, 0.5) is 5.69 Å². The van der Waals surface area contributed by atoms with Gasteiger partial charge in [0.25, 0.3) is 0 Å². The van der Waals surface area contributed by atoms with Gasteiger partial charge in [-0.3, -0.25) is 9.59 Å². The molecule has 5 nitrogen and oxygen atoms in total. The van der Waals surface area contributed by atoms with Gasteiger partial charge in [-0.15, -0.1) is 11.8 Å². The normalized spacial score (nSPS) is 11.8. The number of halogens is 1. The van der Waals surface area contributed by atoms with Gasteiger partial charge in [0, 0.05) is 16.5 Å². The molecule has 3 N–H and O–H groups in total. The third kappa shape index (κ3) is 6.27. The van der Waals surface area contributed by atoms with E-state index in [4.69, 9.17) is 22.1 Å². The first kappa shape index (κ1) is 16.8. The van der Waals surface area contributed by atoms with Crippen LogP contribution in [-0.4, -0.2) is 36.0 Å². The molecule has 0 bridgehead atoms. The molecule has 1 atom stereocenters. The van der Waals surface area contributed by atoms with Crippen molar-refractivity contribution < 1.29 is 14.3 Å². The highest BCUT2D eigenvalue weighted by Gasteiger charge is 2.15. The lowest BCUT2D eigenvalue weighted by Crippen LogP contribution is -2.35. The standard InChI is InChI=1S/C13H17ClN2O3S/c1-2-19-13(18)11(15)7-20-8-12(17)16-10-5-3-9(14)4-6-10/h3-6,11H,2,7-8,15H2,1H3,(H,16,17). The van der Waals surface area contributed by atoms with Gasteiger partial charge in [0.15, 0.2) is 0 Å². The lowest BCUT2D eigenvalue weighted by molar-refractivity contribution is -0.144. The summed E-state index contributed by atoms with van der Waals surface area (Å²) in [4.78, 5) is 22.9. The van der Waals surface area contributed by atoms with Crippen molar-refractivity contribution in [3.05, 3.63) is 29.3 Å². The minimum atomic E-state index is -0.705. The first-order chi connectivity index (χ1) is 9.52. The number of hydrogen-bond donors (Lipinski definition) is 2. The SMILES string of the molecule is CCOC(=O)C(N)CSCC(=O)Nc1ccc(Cl)cc1. The Morgan fingerprint density at radius 2 is 2.05 bits per heavy atom. The van der Waals surface area contributed by atoms with Crippen LogP contribution in [0.15, 0.2) is 24.3 Å². The van der Waals surface area contributed by atoms with Crippen LogP contribution < -0.4 is 11.1 Å². The molecule has 0 aliphatic carbocycles. The van der Waals surface area contributed by atoms with E-state index in [1.54, 1.807) is 31.2 Å². The first-order valence-electron chi connectivity index (χ1n) is 6.08. The molecule has 1 rings (SSSR count). The second-order valence-corrected chi connectivity index (χ2v) is 5.40. The summed E-state index contributed by atoms with van der Waals surface area (Å²) >= 11 is 7.03. The molecule has 0 aliphatic heterocycles. The van der Waals surface area contributed by atoms with Crippen LogP contribution in [0.5, 0.6) is 0 Å². The van der Waals surface area contributed by atoms with Gasteiger partial charge in [-0.05, 0) is 31.2 Å². The summed E-state index contributed by atoms with van der Waals surface area (Å²) in [5.41, 5.74) is 6.29. The Balaban J connectivity index is 2.26. The summed E-state index contributed by atoms with van der Waals surface area (Å²) in [7, 11) is 0. The average Bonchev–Trinajstić information content (AvgIpc) is 2.41. The molecular formula is C13H17ClN2O3S. The fourth-order valence-electron chi connectivity index (χ4n) is 1.33. The van der Waals surface area contributed by atoms with E-state index in [0.717, 1.165) is 0 Å². The number of hydrogen-bond acceptors (Lipinski definition) is 5. The van der Waals surface area contributed by atoms with Crippen molar-refractivity contribution in [1.29, 1.82) is 0 Å². The third-order valence-corrected chi connectivity index (χ3v) is 3.56. The first-order valence-corrected chi connectivity index (χ1v) is 7.61. The van der Waals surface area contributed by atoms with Crippen LogP contribution in [0, 0.1) is 0 Å². The highest BCUT2D eigenvalue weighted by Crippen LogP contribution is 2.14. The van der Waals surface area contributed by atoms with E-state index in [-0.39, 0.29) is 11.7 Å². The van der Waals surface area contributed by atoms with Gasteiger partial charge in [-0.1, -0.05) is 11.6 Å². The van der Waals surface area contributed by atoms with Crippen molar-refractivity contribution >= 4 is 40.9 Å². The van der Waals surface area contributed by atoms with Crippen LogP contribution in [0.3, 0.4) is 0 Å². The maximum Gasteiger partial charge on any atom is 0.323 e. The number of carbonyl (C=O) groups is 2. The van der Waals surface area contributed by atoms with Gasteiger partial charge in [0.05, 0.1) is 12.4 Å². The molecule has 1 aromatic rings. The van der Waals surface area contributed by atoms with Gasteiger partial charge in [-0.2, -0.15) is 0 Å². The highest BCUT2D eigenvalue weighted by atomic mass is 35.5. The van der Waals surface area contributed by atoms with Crippen molar-refractivity contribution in [2.24, 2.45) is 5.73 Å². The number of nitrogens with one attached hydrogen (secondary N) is 1. The topological polar surface area (TPSA) is 81.4 Å². The number of rotatable bonds is 7. The second kappa shape index (κ2) is 8.84. The molecule has 1 unspecified atom stereocenters. The molecule has 0 saturated carbocycles. The number of thioether (sulfide) groups is 1. The summed E-state index contributed by atoms with van der Waals surface area (Å²) in [6, 6.07) is 6.12. The van der Waals surface area contributed by atoms with Crippen LogP contribution in [-0.2, 0) is 14.3 Å². The zero-order chi connectivity index (χ0) is 15.0. The van der Waals surface area contributed by atoms with E-state index in [2.05, 4.69) is 5.32 Å². The lowest BCUT2D eigenvalue weighted by Gasteiger charge is -2.10. The predicted molar refractivity (Wildman–Crippen MR) is 82.0 cm³/mol. The van der Waals surface area contributed by atoms with Crippen molar-refractivity contribution in [2.75, 3.05) is 23.4 Å². The van der Waals surface area contributed by atoms with Gasteiger partial charge in [-0.25, -0.2) is 0 Å². The largest absolute Gasteiger partial charge is 0.465 e. The zero-order valence-electron chi connectivity index (χ0n) is 11.1. The number of amides is 1. The molecule has 0 radical (unpaired) electrons. The summed E-state index contributed by atoms with van der Waals surface area (Å²) in [6.45, 7) is 2.02. The van der Waals surface area contributed by atoms with Gasteiger partial charge in [0.2, 0.25) is 5.91 Å². The lowest BCUT2D eigenvalue weighted by atomic mass is 10.3. The van der Waals surface area contributed by atoms with Crippen molar-refractivity contribution in [3.8, 4) is 0 Å². The number of nitrogens with two attached hydrogens (primary N) is 1. The Kier molecular flexibility index (Phi) is 7.43. The summed E-state index contributed by atoms with van der Waals surface area (Å²) in [5.74, 6) is -0.0470. The highest BCUT2D eigenvalue weighted by molar-refractivity contribution is 8.00. The number of anilines is 1. The number of ether oxygens (including phenoxy) is 1. The monoisotopic (exact) mass is 316 g/mol. The number of benzene rings is 1. The Morgan fingerprint density at radius 1 is 1.40 bits per heavy atom. The fourth-order valence-corrected chi connectivity index (χ4v) is 2.22. The third-order valence-electron chi connectivity index (χ3n) is 2.25. The zero-order valence-corrected chi connectivity index (χ0v) is 12.7. The maximum atomic E-state index is 11.7. The molecule has 0 aromatic heterocycles. The molecule has 1 aromatic carbocycles. The van der Waals surface area contributed by atoms with E-state index in [9.17, 15) is 9.59 Å². The minimum Gasteiger partial charge on any atom is -0.465 e. The second-order valence-electron chi connectivity index (χ2n) is 3.93. The Morgan fingerprint density at radius 3 is 2.65 bits per heavy atom. The maximum absolute atomic E-state index is 11.7. The Bertz CT molecular complexity index is 453. The van der Waals surface area contributed by atoms with E-state index in [1.165, 1.54) is 11.8 Å². The molecule has 20 heavy (non-hydrogen) atoms. The molecule has 0 saturated heterocycles. The van der Waals surface area contributed by atoms with Crippen molar-refractivity contribution in [1.82, 2.24) is 0 Å². The predicted octanol–water partition coefficient (Wildman–Crippen LogP) is 1.90. The summed E-state index contributed by atoms with van der Waals surface area (Å²) < 4.78 is 4.78. The van der Waals surface area contributed by atoms with Crippen molar-refractivity contribution in [3.63, 3.8) is 0 Å².